The van der Waals surface area contributed by atoms with Gasteiger partial charge in [-0.25, -0.2) is 12.8 Å². The van der Waals surface area contributed by atoms with Crippen molar-refractivity contribution in [3.05, 3.63) is 58.9 Å². The molecule has 2 aromatic rings. The molecule has 1 amide bonds. The summed E-state index contributed by atoms with van der Waals surface area (Å²) in [7, 11) is -3.93. The van der Waals surface area contributed by atoms with Crippen molar-refractivity contribution in [3.63, 3.8) is 0 Å². The van der Waals surface area contributed by atoms with Gasteiger partial charge in [-0.3, -0.25) is 9.52 Å². The molecule has 9 heteroatoms. The number of carbonyl (C=O) groups is 1. The van der Waals surface area contributed by atoms with Crippen LogP contribution in [-0.4, -0.2) is 33.6 Å². The number of benzene rings is 2. The molecule has 6 nitrogen and oxygen atoms in total. The first-order valence-electron chi connectivity index (χ1n) is 8.67. The van der Waals surface area contributed by atoms with Crippen molar-refractivity contribution in [1.29, 1.82) is 0 Å². The zero-order valence-electron chi connectivity index (χ0n) is 15.5. The van der Waals surface area contributed by atoms with Crippen LogP contribution in [0.2, 0.25) is 5.02 Å². The van der Waals surface area contributed by atoms with E-state index in [9.17, 15) is 17.6 Å². The molecule has 2 rings (SSSR count). The lowest BCUT2D eigenvalue weighted by molar-refractivity contribution is 0.0757. The Balaban J connectivity index is 1.94. The standard InChI is InChI=1S/C19H22ClFN2O4S/c1-13(2)27-11-3-10-22-19(24)14-4-6-15(7-5-14)23-28(25,26)16-8-9-18(21)17(20)12-16/h4-9,12-13,23H,3,10-11H2,1-2H3,(H,22,24). The summed E-state index contributed by atoms with van der Waals surface area (Å²) < 4.78 is 45.7. The minimum atomic E-state index is -3.93. The van der Waals surface area contributed by atoms with Crippen LogP contribution in [0.25, 0.3) is 0 Å². The van der Waals surface area contributed by atoms with Crippen LogP contribution in [0, 0.1) is 5.82 Å². The predicted molar refractivity (Wildman–Crippen MR) is 107 cm³/mol. The summed E-state index contributed by atoms with van der Waals surface area (Å²) in [5.74, 6) is -0.962. The molecule has 0 unspecified atom stereocenters. The SMILES string of the molecule is CC(C)OCCCNC(=O)c1ccc(NS(=O)(=O)c2ccc(F)c(Cl)c2)cc1. The molecule has 0 aromatic heterocycles. The van der Waals surface area contributed by atoms with Gasteiger partial charge in [0, 0.05) is 24.4 Å². The first kappa shape index (κ1) is 22.1. The fourth-order valence-corrected chi connectivity index (χ4v) is 3.57. The molecule has 2 aromatic carbocycles. The van der Waals surface area contributed by atoms with Gasteiger partial charge in [-0.1, -0.05) is 11.6 Å². The van der Waals surface area contributed by atoms with E-state index in [1.54, 1.807) is 0 Å². The van der Waals surface area contributed by atoms with E-state index in [0.717, 1.165) is 18.2 Å². The third-order valence-electron chi connectivity index (χ3n) is 3.66. The molecule has 28 heavy (non-hydrogen) atoms. The Hall–Kier alpha value is -2.16. The second-order valence-electron chi connectivity index (χ2n) is 6.29. The Kier molecular flexibility index (Phi) is 7.79. The molecule has 2 N–H and O–H groups in total. The van der Waals surface area contributed by atoms with Crippen LogP contribution < -0.4 is 10.0 Å². The van der Waals surface area contributed by atoms with E-state index in [4.69, 9.17) is 16.3 Å². The van der Waals surface area contributed by atoms with E-state index in [1.807, 2.05) is 13.8 Å². The summed E-state index contributed by atoms with van der Waals surface area (Å²) in [6, 6.07) is 9.10. The van der Waals surface area contributed by atoms with Crippen molar-refractivity contribution < 1.29 is 22.3 Å². The molecule has 0 heterocycles. The van der Waals surface area contributed by atoms with Crippen molar-refractivity contribution in [1.82, 2.24) is 5.32 Å². The number of rotatable bonds is 9. The smallest absolute Gasteiger partial charge is 0.261 e. The van der Waals surface area contributed by atoms with Crippen molar-refractivity contribution >= 4 is 33.2 Å². The highest BCUT2D eigenvalue weighted by Crippen LogP contribution is 2.22. The highest BCUT2D eigenvalue weighted by molar-refractivity contribution is 7.92. The molecule has 0 saturated heterocycles. The van der Waals surface area contributed by atoms with Crippen LogP contribution >= 0.6 is 11.6 Å². The maximum absolute atomic E-state index is 13.2. The Labute approximate surface area is 169 Å². The minimum absolute atomic E-state index is 0.151. The summed E-state index contributed by atoms with van der Waals surface area (Å²) >= 11 is 5.64. The third-order valence-corrected chi connectivity index (χ3v) is 5.33. The summed E-state index contributed by atoms with van der Waals surface area (Å²) in [6.07, 6.45) is 0.847. The molecule has 152 valence electrons. The quantitative estimate of drug-likeness (QED) is 0.594. The van der Waals surface area contributed by atoms with Crippen LogP contribution in [0.1, 0.15) is 30.6 Å². The van der Waals surface area contributed by atoms with Gasteiger partial charge in [0.1, 0.15) is 5.82 Å². The van der Waals surface area contributed by atoms with Crippen LogP contribution in [-0.2, 0) is 14.8 Å². The van der Waals surface area contributed by atoms with Gasteiger partial charge >= 0.3 is 0 Å². The van der Waals surface area contributed by atoms with E-state index in [0.29, 0.717) is 25.1 Å². The monoisotopic (exact) mass is 428 g/mol. The van der Waals surface area contributed by atoms with Gasteiger partial charge in [0.15, 0.2) is 0 Å². The number of nitrogens with one attached hydrogen (secondary N) is 2. The van der Waals surface area contributed by atoms with Gasteiger partial charge in [-0.05, 0) is 62.7 Å². The number of hydrogen-bond donors (Lipinski definition) is 2. The second-order valence-corrected chi connectivity index (χ2v) is 8.38. The number of anilines is 1. The average Bonchev–Trinajstić information content (AvgIpc) is 2.63. The average molecular weight is 429 g/mol. The summed E-state index contributed by atoms with van der Waals surface area (Å²) in [6.45, 7) is 4.93. The van der Waals surface area contributed by atoms with Gasteiger partial charge < -0.3 is 10.1 Å². The van der Waals surface area contributed by atoms with Crippen molar-refractivity contribution in [2.24, 2.45) is 0 Å². The van der Waals surface area contributed by atoms with Gasteiger partial charge in [0.05, 0.1) is 16.0 Å². The molecule has 0 bridgehead atoms. The van der Waals surface area contributed by atoms with Gasteiger partial charge in [0.2, 0.25) is 0 Å². The van der Waals surface area contributed by atoms with E-state index < -0.39 is 15.8 Å². The molecule has 0 aliphatic heterocycles. The molecular formula is C19H22ClFN2O4S. The summed E-state index contributed by atoms with van der Waals surface area (Å²) in [5.41, 5.74) is 0.667. The molecule has 0 aliphatic carbocycles. The Morgan fingerprint density at radius 2 is 1.86 bits per heavy atom. The zero-order valence-corrected chi connectivity index (χ0v) is 17.1. The molecular weight excluding hydrogens is 407 g/mol. The maximum Gasteiger partial charge on any atom is 0.261 e. The maximum atomic E-state index is 13.2. The van der Waals surface area contributed by atoms with E-state index in [1.165, 1.54) is 24.3 Å². The summed E-state index contributed by atoms with van der Waals surface area (Å²) in [5, 5.41) is 2.49. The van der Waals surface area contributed by atoms with Gasteiger partial charge in [0.25, 0.3) is 15.9 Å². The fourth-order valence-electron chi connectivity index (χ4n) is 2.24. The van der Waals surface area contributed by atoms with Gasteiger partial charge in [-0.2, -0.15) is 0 Å². The van der Waals surface area contributed by atoms with Crippen LogP contribution in [0.3, 0.4) is 0 Å². The van der Waals surface area contributed by atoms with Crippen molar-refractivity contribution in [2.75, 3.05) is 17.9 Å². The number of sulfonamides is 1. The topological polar surface area (TPSA) is 84.5 Å². The lowest BCUT2D eigenvalue weighted by Gasteiger charge is -2.10. The first-order chi connectivity index (χ1) is 13.2. The Morgan fingerprint density at radius 1 is 1.18 bits per heavy atom. The fraction of sp³-hybridized carbons (Fsp3) is 0.316. The van der Waals surface area contributed by atoms with Crippen molar-refractivity contribution in [2.45, 2.75) is 31.3 Å². The predicted octanol–water partition coefficient (Wildman–Crippen LogP) is 3.82. The molecule has 0 spiro atoms. The first-order valence-corrected chi connectivity index (χ1v) is 10.5. The van der Waals surface area contributed by atoms with Crippen LogP contribution in [0.5, 0.6) is 0 Å². The van der Waals surface area contributed by atoms with Gasteiger partial charge in [-0.15, -0.1) is 0 Å². The highest BCUT2D eigenvalue weighted by atomic mass is 35.5. The van der Waals surface area contributed by atoms with E-state index in [-0.39, 0.29) is 27.6 Å². The van der Waals surface area contributed by atoms with E-state index in [2.05, 4.69) is 10.0 Å². The van der Waals surface area contributed by atoms with Crippen LogP contribution in [0.15, 0.2) is 47.4 Å². The lowest BCUT2D eigenvalue weighted by Crippen LogP contribution is -2.25. The number of halogens is 2. The minimum Gasteiger partial charge on any atom is -0.379 e. The molecule has 0 fully saturated rings. The number of ether oxygens (including phenoxy) is 1. The third kappa shape index (κ3) is 6.47. The normalized spacial score (nSPS) is 11.5. The number of hydrogen-bond acceptors (Lipinski definition) is 4. The molecule has 0 aliphatic rings. The van der Waals surface area contributed by atoms with Crippen LogP contribution in [0.4, 0.5) is 10.1 Å². The largest absolute Gasteiger partial charge is 0.379 e. The number of amides is 1. The summed E-state index contributed by atoms with van der Waals surface area (Å²) in [4.78, 5) is 11.9. The Morgan fingerprint density at radius 3 is 2.46 bits per heavy atom. The second kappa shape index (κ2) is 9.86. The molecule has 0 radical (unpaired) electrons. The Bertz CT molecular complexity index is 918. The van der Waals surface area contributed by atoms with Crippen molar-refractivity contribution in [3.8, 4) is 0 Å². The zero-order chi connectivity index (χ0) is 20.7. The number of carbonyl (C=O) groups excluding carboxylic acids is 1. The van der Waals surface area contributed by atoms with E-state index >= 15 is 0 Å². The molecule has 0 atom stereocenters. The lowest BCUT2D eigenvalue weighted by atomic mass is 10.2. The highest BCUT2D eigenvalue weighted by Gasteiger charge is 2.16. The molecule has 0 saturated carbocycles.